The van der Waals surface area contributed by atoms with Crippen LogP contribution in [0.3, 0.4) is 0 Å². The summed E-state index contributed by atoms with van der Waals surface area (Å²) in [5, 5.41) is 3.27. The van der Waals surface area contributed by atoms with Gasteiger partial charge in [-0.3, -0.25) is 0 Å². The number of rotatable bonds is 9. The molecule has 3 aromatic rings. The highest BCUT2D eigenvalue weighted by Crippen LogP contribution is 2.32. The third-order valence-electron chi connectivity index (χ3n) is 3.89. The first kappa shape index (κ1) is 17.8. The van der Waals surface area contributed by atoms with Gasteiger partial charge in [0.15, 0.2) is 11.5 Å². The van der Waals surface area contributed by atoms with Crippen LogP contribution in [0.5, 0.6) is 11.5 Å². The van der Waals surface area contributed by atoms with Crippen LogP contribution >= 0.6 is 0 Å². The summed E-state index contributed by atoms with van der Waals surface area (Å²) in [4.78, 5) is 0. The van der Waals surface area contributed by atoms with Crippen LogP contribution in [0.25, 0.3) is 0 Å². The zero-order valence-corrected chi connectivity index (χ0v) is 14.7. The van der Waals surface area contributed by atoms with Gasteiger partial charge in [-0.2, -0.15) is 0 Å². The third kappa shape index (κ3) is 5.26. The zero-order chi connectivity index (χ0) is 18.0. The van der Waals surface area contributed by atoms with E-state index in [4.69, 9.17) is 15.2 Å². The van der Waals surface area contributed by atoms with Gasteiger partial charge in [0.2, 0.25) is 0 Å². The highest BCUT2D eigenvalue weighted by molar-refractivity contribution is 5.55. The molecule has 0 spiro atoms. The summed E-state index contributed by atoms with van der Waals surface area (Å²) in [5.41, 5.74) is 8.77. The second-order valence-electron chi connectivity index (χ2n) is 5.93. The molecule has 0 amide bonds. The normalized spacial score (nSPS) is 10.3. The standard InChI is InChI=1S/C22H24N2O2/c23-13-14-24-20-11-12-21(25-16-18-7-3-1-4-8-18)22(15-20)26-17-19-9-5-2-6-10-19/h1-12,15,24H,13-14,16-17,23H2. The average Bonchev–Trinajstić information content (AvgIpc) is 2.71. The number of nitrogens with one attached hydrogen (secondary N) is 1. The van der Waals surface area contributed by atoms with E-state index in [2.05, 4.69) is 5.32 Å². The van der Waals surface area contributed by atoms with Crippen LogP contribution in [0.2, 0.25) is 0 Å². The smallest absolute Gasteiger partial charge is 0.163 e. The van der Waals surface area contributed by atoms with Crippen LogP contribution in [-0.4, -0.2) is 13.1 Å². The Hall–Kier alpha value is -2.98. The molecule has 0 aliphatic rings. The number of hydrogen-bond donors (Lipinski definition) is 2. The Labute approximate surface area is 154 Å². The fourth-order valence-electron chi connectivity index (χ4n) is 2.54. The van der Waals surface area contributed by atoms with Crippen LogP contribution in [0.1, 0.15) is 11.1 Å². The van der Waals surface area contributed by atoms with Crippen molar-refractivity contribution >= 4 is 5.69 Å². The van der Waals surface area contributed by atoms with Crippen molar-refractivity contribution in [3.8, 4) is 11.5 Å². The highest BCUT2D eigenvalue weighted by Gasteiger charge is 2.08. The zero-order valence-electron chi connectivity index (χ0n) is 14.7. The molecule has 3 rings (SSSR count). The summed E-state index contributed by atoms with van der Waals surface area (Å²) >= 11 is 0. The summed E-state index contributed by atoms with van der Waals surface area (Å²) in [5.74, 6) is 1.44. The molecule has 3 N–H and O–H groups in total. The maximum atomic E-state index is 6.04. The number of nitrogens with two attached hydrogens (primary N) is 1. The van der Waals surface area contributed by atoms with Gasteiger partial charge in [0.1, 0.15) is 13.2 Å². The number of anilines is 1. The van der Waals surface area contributed by atoms with Gasteiger partial charge in [0.05, 0.1) is 0 Å². The summed E-state index contributed by atoms with van der Waals surface area (Å²) in [6.07, 6.45) is 0. The molecular weight excluding hydrogens is 324 g/mol. The lowest BCUT2D eigenvalue weighted by Crippen LogP contribution is -2.13. The van der Waals surface area contributed by atoms with Gasteiger partial charge in [-0.25, -0.2) is 0 Å². The van der Waals surface area contributed by atoms with Gasteiger partial charge >= 0.3 is 0 Å². The summed E-state index contributed by atoms with van der Waals surface area (Å²) in [6, 6.07) is 26.1. The minimum Gasteiger partial charge on any atom is -0.485 e. The molecule has 0 saturated carbocycles. The Kier molecular flexibility index (Phi) is 6.51. The van der Waals surface area contributed by atoms with Gasteiger partial charge in [0.25, 0.3) is 0 Å². The van der Waals surface area contributed by atoms with E-state index >= 15 is 0 Å². The van der Waals surface area contributed by atoms with E-state index in [1.54, 1.807) is 0 Å². The second kappa shape index (κ2) is 9.49. The molecular formula is C22H24N2O2. The molecule has 0 unspecified atom stereocenters. The predicted octanol–water partition coefficient (Wildman–Crippen LogP) is 4.22. The monoisotopic (exact) mass is 348 g/mol. The Morgan fingerprint density at radius 2 is 1.27 bits per heavy atom. The molecule has 0 radical (unpaired) electrons. The fraction of sp³-hybridized carbons (Fsp3) is 0.182. The van der Waals surface area contributed by atoms with E-state index in [1.165, 1.54) is 0 Å². The molecule has 0 heterocycles. The quantitative estimate of drug-likeness (QED) is 0.608. The van der Waals surface area contributed by atoms with Crippen LogP contribution in [-0.2, 0) is 13.2 Å². The van der Waals surface area contributed by atoms with Crippen molar-refractivity contribution in [2.75, 3.05) is 18.4 Å². The third-order valence-corrected chi connectivity index (χ3v) is 3.89. The van der Waals surface area contributed by atoms with Gasteiger partial charge in [-0.1, -0.05) is 60.7 Å². The summed E-state index contributed by atoms with van der Waals surface area (Å²) < 4.78 is 12.0. The highest BCUT2D eigenvalue weighted by atomic mass is 16.5. The first-order valence-electron chi connectivity index (χ1n) is 8.76. The number of benzene rings is 3. The van der Waals surface area contributed by atoms with Crippen LogP contribution < -0.4 is 20.5 Å². The first-order valence-corrected chi connectivity index (χ1v) is 8.76. The van der Waals surface area contributed by atoms with Crippen molar-refractivity contribution in [3.63, 3.8) is 0 Å². The second-order valence-corrected chi connectivity index (χ2v) is 5.93. The molecule has 0 saturated heterocycles. The van der Waals surface area contributed by atoms with Gasteiger partial charge in [-0.15, -0.1) is 0 Å². The molecule has 0 bridgehead atoms. The molecule has 3 aromatic carbocycles. The molecule has 0 atom stereocenters. The van der Waals surface area contributed by atoms with Crippen molar-refractivity contribution in [2.45, 2.75) is 13.2 Å². The molecule has 0 aliphatic carbocycles. The SMILES string of the molecule is NCCNc1ccc(OCc2ccccc2)c(OCc2ccccc2)c1. The average molecular weight is 348 g/mol. The maximum absolute atomic E-state index is 6.04. The molecule has 4 nitrogen and oxygen atoms in total. The van der Waals surface area contributed by atoms with Gasteiger partial charge in [-0.05, 0) is 23.3 Å². The first-order chi connectivity index (χ1) is 12.8. The number of hydrogen-bond acceptors (Lipinski definition) is 4. The largest absolute Gasteiger partial charge is 0.485 e. The van der Waals surface area contributed by atoms with Gasteiger partial charge < -0.3 is 20.5 Å². The minimum atomic E-state index is 0.489. The van der Waals surface area contributed by atoms with Crippen LogP contribution in [0.15, 0.2) is 78.9 Å². The molecule has 134 valence electrons. The van der Waals surface area contributed by atoms with E-state index in [-0.39, 0.29) is 0 Å². The molecule has 0 fully saturated rings. The van der Waals surface area contributed by atoms with Crippen molar-refractivity contribution in [1.82, 2.24) is 0 Å². The minimum absolute atomic E-state index is 0.489. The lowest BCUT2D eigenvalue weighted by atomic mass is 10.2. The topological polar surface area (TPSA) is 56.5 Å². The Bertz CT molecular complexity index is 792. The fourth-order valence-corrected chi connectivity index (χ4v) is 2.54. The Balaban J connectivity index is 1.73. The van der Waals surface area contributed by atoms with E-state index in [1.807, 2.05) is 78.9 Å². The van der Waals surface area contributed by atoms with Crippen molar-refractivity contribution in [1.29, 1.82) is 0 Å². The van der Waals surface area contributed by atoms with E-state index in [0.717, 1.165) is 22.6 Å². The van der Waals surface area contributed by atoms with Crippen molar-refractivity contribution < 1.29 is 9.47 Å². The van der Waals surface area contributed by atoms with E-state index in [9.17, 15) is 0 Å². The Morgan fingerprint density at radius 1 is 0.692 bits per heavy atom. The molecule has 4 heteroatoms. The van der Waals surface area contributed by atoms with E-state index in [0.29, 0.717) is 32.1 Å². The van der Waals surface area contributed by atoms with Crippen molar-refractivity contribution in [3.05, 3.63) is 90.0 Å². The van der Waals surface area contributed by atoms with Gasteiger partial charge in [0, 0.05) is 24.8 Å². The molecule has 0 aliphatic heterocycles. The summed E-state index contributed by atoms with van der Waals surface area (Å²) in [7, 11) is 0. The molecule has 26 heavy (non-hydrogen) atoms. The van der Waals surface area contributed by atoms with Crippen LogP contribution in [0, 0.1) is 0 Å². The Morgan fingerprint density at radius 3 is 1.85 bits per heavy atom. The molecule has 0 aromatic heterocycles. The lowest BCUT2D eigenvalue weighted by molar-refractivity contribution is 0.256. The number of ether oxygens (including phenoxy) is 2. The summed E-state index contributed by atoms with van der Waals surface area (Å²) in [6.45, 7) is 2.27. The maximum Gasteiger partial charge on any atom is 0.163 e. The van der Waals surface area contributed by atoms with Crippen LogP contribution in [0.4, 0.5) is 5.69 Å². The van der Waals surface area contributed by atoms with E-state index < -0.39 is 0 Å². The predicted molar refractivity (Wildman–Crippen MR) is 106 cm³/mol. The lowest BCUT2D eigenvalue weighted by Gasteiger charge is -2.15. The van der Waals surface area contributed by atoms with Crippen molar-refractivity contribution in [2.24, 2.45) is 5.73 Å².